The Labute approximate surface area is 218 Å². The van der Waals surface area contributed by atoms with Crippen LogP contribution in [0.3, 0.4) is 0 Å². The van der Waals surface area contributed by atoms with E-state index in [0.717, 1.165) is 4.90 Å². The maximum atomic E-state index is 13.4. The van der Waals surface area contributed by atoms with Gasteiger partial charge in [0.15, 0.2) is 0 Å². The van der Waals surface area contributed by atoms with Crippen LogP contribution in [0.5, 0.6) is 0 Å². The molecule has 2 amide bonds. The standard InChI is InChI=1S/C26H24Cl2N2O6/c1-4-35-26(33)22-20(12-30-24(31)15-8-5-6-9-16(15)25(30)32)29-14(2)18(13-36-34-3)21(22)17-10-7-11-19(27)23(17)28/h5-11,21,29H,4,12-13H2,1-3H3. The lowest BCUT2D eigenvalue weighted by Crippen LogP contribution is -2.39. The highest BCUT2D eigenvalue weighted by atomic mass is 35.5. The van der Waals surface area contributed by atoms with Gasteiger partial charge in [0.05, 0.1) is 47.0 Å². The molecule has 0 radical (unpaired) electrons. The minimum atomic E-state index is -0.739. The Hall–Kier alpha value is -3.17. The first-order valence-electron chi connectivity index (χ1n) is 11.2. The van der Waals surface area contributed by atoms with Gasteiger partial charge in [0, 0.05) is 17.3 Å². The van der Waals surface area contributed by atoms with Crippen LogP contribution in [-0.4, -0.2) is 49.6 Å². The number of allylic oxidation sites excluding steroid dienone is 1. The Balaban J connectivity index is 1.86. The van der Waals surface area contributed by atoms with Gasteiger partial charge in [-0.25, -0.2) is 14.6 Å². The van der Waals surface area contributed by atoms with E-state index < -0.39 is 23.7 Å². The number of esters is 1. The highest BCUT2D eigenvalue weighted by Gasteiger charge is 2.41. The van der Waals surface area contributed by atoms with Crippen molar-refractivity contribution in [2.45, 2.75) is 19.8 Å². The summed E-state index contributed by atoms with van der Waals surface area (Å²) in [6.45, 7) is 3.43. The monoisotopic (exact) mass is 530 g/mol. The molecule has 8 nitrogen and oxygen atoms in total. The average Bonchev–Trinajstić information content (AvgIpc) is 3.10. The van der Waals surface area contributed by atoms with Crippen LogP contribution in [0.4, 0.5) is 0 Å². The van der Waals surface area contributed by atoms with Gasteiger partial charge < -0.3 is 10.1 Å². The summed E-state index contributed by atoms with van der Waals surface area (Å²) >= 11 is 12.9. The van der Waals surface area contributed by atoms with E-state index in [4.69, 9.17) is 37.7 Å². The maximum Gasteiger partial charge on any atom is 0.336 e. The van der Waals surface area contributed by atoms with E-state index in [9.17, 15) is 14.4 Å². The number of carbonyl (C=O) groups excluding carboxylic acids is 3. The molecule has 0 fully saturated rings. The molecule has 2 aliphatic rings. The predicted molar refractivity (Wildman–Crippen MR) is 133 cm³/mol. The third-order valence-electron chi connectivity index (χ3n) is 6.10. The van der Waals surface area contributed by atoms with Gasteiger partial charge in [-0.05, 0) is 43.2 Å². The molecule has 1 unspecified atom stereocenters. The van der Waals surface area contributed by atoms with Crippen molar-refractivity contribution in [2.75, 3.05) is 26.9 Å². The molecular weight excluding hydrogens is 507 g/mol. The predicted octanol–water partition coefficient (Wildman–Crippen LogP) is 4.65. The second kappa shape index (κ2) is 10.8. The van der Waals surface area contributed by atoms with E-state index >= 15 is 0 Å². The fraction of sp³-hybridized carbons (Fsp3) is 0.269. The number of fused-ring (bicyclic) bond motifs is 1. The summed E-state index contributed by atoms with van der Waals surface area (Å²) in [5.41, 5.74) is 2.99. The molecule has 2 aromatic rings. The molecule has 188 valence electrons. The summed E-state index contributed by atoms with van der Waals surface area (Å²) in [6, 6.07) is 11.7. The molecule has 0 bridgehead atoms. The van der Waals surface area contributed by atoms with Crippen molar-refractivity contribution in [1.82, 2.24) is 10.2 Å². The van der Waals surface area contributed by atoms with Crippen LogP contribution in [-0.2, 0) is 19.3 Å². The molecule has 0 aliphatic carbocycles. The third-order valence-corrected chi connectivity index (χ3v) is 6.93. The molecule has 2 aliphatic heterocycles. The molecule has 0 aromatic heterocycles. The first kappa shape index (κ1) is 25.9. The van der Waals surface area contributed by atoms with Gasteiger partial charge in [-0.1, -0.05) is 47.5 Å². The van der Waals surface area contributed by atoms with Crippen LogP contribution >= 0.6 is 23.2 Å². The minimum Gasteiger partial charge on any atom is -0.463 e. The van der Waals surface area contributed by atoms with Crippen molar-refractivity contribution in [3.8, 4) is 0 Å². The summed E-state index contributed by atoms with van der Waals surface area (Å²) in [4.78, 5) is 50.7. The van der Waals surface area contributed by atoms with Crippen molar-refractivity contribution in [3.63, 3.8) is 0 Å². The topological polar surface area (TPSA) is 94.2 Å². The highest BCUT2D eigenvalue weighted by molar-refractivity contribution is 6.42. The number of ether oxygens (including phenoxy) is 1. The Morgan fingerprint density at radius 2 is 1.72 bits per heavy atom. The molecule has 2 aromatic carbocycles. The largest absolute Gasteiger partial charge is 0.463 e. The smallest absolute Gasteiger partial charge is 0.336 e. The molecule has 0 saturated heterocycles. The summed E-state index contributed by atoms with van der Waals surface area (Å²) in [5.74, 6) is -2.25. The summed E-state index contributed by atoms with van der Waals surface area (Å²) in [5, 5.41) is 3.76. The van der Waals surface area contributed by atoms with Crippen molar-refractivity contribution in [2.24, 2.45) is 0 Å². The maximum absolute atomic E-state index is 13.4. The van der Waals surface area contributed by atoms with E-state index in [1.54, 1.807) is 56.3 Å². The normalized spacial score (nSPS) is 17.5. The fourth-order valence-corrected chi connectivity index (χ4v) is 4.87. The second-order valence-corrected chi connectivity index (χ2v) is 8.92. The van der Waals surface area contributed by atoms with E-state index in [1.807, 2.05) is 0 Å². The lowest BCUT2D eigenvalue weighted by molar-refractivity contribution is -0.265. The lowest BCUT2D eigenvalue weighted by Gasteiger charge is -2.33. The van der Waals surface area contributed by atoms with Crippen LogP contribution in [0.15, 0.2) is 65.0 Å². The zero-order valence-corrected chi connectivity index (χ0v) is 21.4. The Morgan fingerprint density at radius 3 is 2.33 bits per heavy atom. The Bertz CT molecular complexity index is 1270. The number of rotatable bonds is 8. The highest BCUT2D eigenvalue weighted by Crippen LogP contribution is 2.43. The number of carbonyl (C=O) groups is 3. The van der Waals surface area contributed by atoms with Gasteiger partial charge in [0.2, 0.25) is 0 Å². The quantitative estimate of drug-likeness (QED) is 0.230. The number of nitrogens with one attached hydrogen (secondary N) is 1. The van der Waals surface area contributed by atoms with Crippen LogP contribution in [0, 0.1) is 0 Å². The van der Waals surface area contributed by atoms with Crippen LogP contribution in [0.25, 0.3) is 0 Å². The molecule has 1 N–H and O–H groups in total. The number of halogens is 2. The van der Waals surface area contributed by atoms with Crippen molar-refractivity contribution >= 4 is 41.0 Å². The molecule has 1 atom stereocenters. The summed E-state index contributed by atoms with van der Waals surface area (Å²) in [7, 11) is 1.38. The molecule has 10 heteroatoms. The molecule has 4 rings (SSSR count). The van der Waals surface area contributed by atoms with Crippen molar-refractivity contribution in [3.05, 3.63) is 91.7 Å². The van der Waals surface area contributed by atoms with E-state index in [-0.39, 0.29) is 30.4 Å². The third kappa shape index (κ3) is 4.65. The second-order valence-electron chi connectivity index (χ2n) is 8.13. The first-order valence-corrected chi connectivity index (χ1v) is 12.0. The van der Waals surface area contributed by atoms with Gasteiger partial charge in [0.25, 0.3) is 11.8 Å². The molecular formula is C26H24Cl2N2O6. The fourth-order valence-electron chi connectivity index (χ4n) is 4.45. The van der Waals surface area contributed by atoms with E-state index in [1.165, 1.54) is 7.11 Å². The number of dihydropyridines is 1. The van der Waals surface area contributed by atoms with E-state index in [2.05, 4.69) is 5.32 Å². The molecule has 2 heterocycles. The first-order chi connectivity index (χ1) is 17.3. The number of nitrogens with zero attached hydrogens (tertiary/aromatic N) is 1. The zero-order valence-electron chi connectivity index (χ0n) is 19.9. The number of hydrogen-bond acceptors (Lipinski definition) is 7. The van der Waals surface area contributed by atoms with E-state index in [0.29, 0.717) is 38.7 Å². The minimum absolute atomic E-state index is 0.00600. The lowest BCUT2D eigenvalue weighted by atomic mass is 9.80. The molecule has 0 spiro atoms. The van der Waals surface area contributed by atoms with Gasteiger partial charge >= 0.3 is 5.97 Å². The Kier molecular flexibility index (Phi) is 7.80. The van der Waals surface area contributed by atoms with Crippen LogP contribution in [0.1, 0.15) is 46.0 Å². The summed E-state index contributed by atoms with van der Waals surface area (Å²) < 4.78 is 5.41. The SMILES string of the molecule is CCOC(=O)C1=C(CN2C(=O)c3ccccc3C2=O)NC(C)=C(COOC)C1c1cccc(Cl)c1Cl. The van der Waals surface area contributed by atoms with Crippen LogP contribution in [0.2, 0.25) is 10.0 Å². The van der Waals surface area contributed by atoms with Gasteiger partial charge in [-0.3, -0.25) is 14.5 Å². The number of benzene rings is 2. The van der Waals surface area contributed by atoms with Crippen molar-refractivity contribution < 1.29 is 28.9 Å². The number of imide groups is 1. The molecule has 0 saturated carbocycles. The average molecular weight is 531 g/mol. The molecule has 36 heavy (non-hydrogen) atoms. The van der Waals surface area contributed by atoms with Crippen molar-refractivity contribution in [1.29, 1.82) is 0 Å². The zero-order chi connectivity index (χ0) is 26.0. The van der Waals surface area contributed by atoms with Gasteiger partial charge in [0.1, 0.15) is 6.61 Å². The van der Waals surface area contributed by atoms with Gasteiger partial charge in [-0.15, -0.1) is 0 Å². The van der Waals surface area contributed by atoms with Gasteiger partial charge in [-0.2, -0.15) is 0 Å². The number of hydrogen-bond donors (Lipinski definition) is 1. The number of amides is 2. The Morgan fingerprint density at radius 1 is 1.06 bits per heavy atom. The van der Waals surface area contributed by atoms with Crippen LogP contribution < -0.4 is 5.32 Å². The summed E-state index contributed by atoms with van der Waals surface area (Å²) in [6.07, 6.45) is 0.